The number of pyridine rings is 1. The SMILES string of the molecule is Cc1nn2cccnc2c1C(=O)N[C@H](C)c1cc2cccc(C#CCN(C)C)c2c(=O)n1-c1ccccc1. The summed E-state index contributed by atoms with van der Waals surface area (Å²) in [5.41, 5.74) is 3.32. The highest BCUT2D eigenvalue weighted by atomic mass is 16.2. The molecule has 190 valence electrons. The van der Waals surface area contributed by atoms with E-state index in [2.05, 4.69) is 27.2 Å². The monoisotopic (exact) mass is 504 g/mol. The van der Waals surface area contributed by atoms with Crippen LogP contribution in [0.5, 0.6) is 0 Å². The Hall–Kier alpha value is -4.74. The first kappa shape index (κ1) is 24.9. The second kappa shape index (κ2) is 10.3. The van der Waals surface area contributed by atoms with E-state index in [1.807, 2.05) is 80.5 Å². The highest BCUT2D eigenvalue weighted by Crippen LogP contribution is 2.24. The molecule has 0 radical (unpaired) electrons. The lowest BCUT2D eigenvalue weighted by atomic mass is 10.0. The van der Waals surface area contributed by atoms with Crippen LogP contribution >= 0.6 is 0 Å². The number of nitrogens with zero attached hydrogens (tertiary/aromatic N) is 5. The van der Waals surface area contributed by atoms with E-state index in [1.54, 1.807) is 34.5 Å². The Bertz CT molecular complexity index is 1770. The Morgan fingerprint density at radius 3 is 2.66 bits per heavy atom. The van der Waals surface area contributed by atoms with E-state index in [4.69, 9.17) is 0 Å². The van der Waals surface area contributed by atoms with Crippen LogP contribution in [-0.2, 0) is 0 Å². The average Bonchev–Trinajstić information content (AvgIpc) is 3.24. The van der Waals surface area contributed by atoms with E-state index in [1.165, 1.54) is 0 Å². The molecule has 0 aliphatic heterocycles. The van der Waals surface area contributed by atoms with Crippen molar-refractivity contribution >= 4 is 22.3 Å². The maximum atomic E-state index is 14.1. The topological polar surface area (TPSA) is 84.5 Å². The second-order valence-corrected chi connectivity index (χ2v) is 9.40. The molecule has 1 amide bonds. The molecule has 3 heterocycles. The van der Waals surface area contributed by atoms with Crippen molar-refractivity contribution in [3.8, 4) is 17.5 Å². The molecule has 5 rings (SSSR count). The van der Waals surface area contributed by atoms with Gasteiger partial charge in [0.05, 0.1) is 23.7 Å². The van der Waals surface area contributed by atoms with Gasteiger partial charge in [0, 0.05) is 29.3 Å². The number of hydrogen-bond acceptors (Lipinski definition) is 5. The molecule has 0 aliphatic carbocycles. The number of carbonyl (C=O) groups is 1. The van der Waals surface area contributed by atoms with Crippen LogP contribution in [0.3, 0.4) is 0 Å². The van der Waals surface area contributed by atoms with Gasteiger partial charge in [-0.05, 0) is 63.7 Å². The van der Waals surface area contributed by atoms with Crippen molar-refractivity contribution in [3.63, 3.8) is 0 Å². The van der Waals surface area contributed by atoms with Gasteiger partial charge in [-0.1, -0.05) is 42.2 Å². The third-order valence-corrected chi connectivity index (χ3v) is 6.30. The lowest BCUT2D eigenvalue weighted by Gasteiger charge is -2.21. The van der Waals surface area contributed by atoms with Gasteiger partial charge >= 0.3 is 0 Å². The molecule has 38 heavy (non-hydrogen) atoms. The number of rotatable bonds is 5. The maximum Gasteiger partial charge on any atom is 0.264 e. The van der Waals surface area contributed by atoms with Crippen molar-refractivity contribution in [3.05, 3.63) is 106 Å². The number of fused-ring (bicyclic) bond motifs is 2. The maximum absolute atomic E-state index is 14.1. The van der Waals surface area contributed by atoms with Gasteiger partial charge in [-0.2, -0.15) is 5.10 Å². The molecule has 0 fully saturated rings. The molecule has 0 aliphatic rings. The first-order chi connectivity index (χ1) is 18.3. The lowest BCUT2D eigenvalue weighted by molar-refractivity contribution is 0.0939. The summed E-state index contributed by atoms with van der Waals surface area (Å²) in [6, 6.07) is 18.3. The van der Waals surface area contributed by atoms with Gasteiger partial charge in [0.15, 0.2) is 5.65 Å². The summed E-state index contributed by atoms with van der Waals surface area (Å²) in [6.45, 7) is 4.23. The van der Waals surface area contributed by atoms with Crippen molar-refractivity contribution in [2.75, 3.05) is 20.6 Å². The highest BCUT2D eigenvalue weighted by Gasteiger charge is 2.23. The molecule has 2 aromatic carbocycles. The Balaban J connectivity index is 1.63. The van der Waals surface area contributed by atoms with Gasteiger partial charge in [0.25, 0.3) is 11.5 Å². The van der Waals surface area contributed by atoms with Crippen molar-refractivity contribution in [1.29, 1.82) is 0 Å². The molecule has 0 bridgehead atoms. The standard InChI is InChI=1S/C30H28N6O2/c1-20(32-29(37)26-21(2)33-35-18-10-16-31-28(26)35)25-19-23-12-8-11-22(13-9-17-34(3)4)27(23)30(38)36(25)24-14-6-5-7-15-24/h5-8,10-12,14-16,18-20H,17H2,1-4H3,(H,32,37)/t20-/m1/s1. The van der Waals surface area contributed by atoms with Crippen LogP contribution in [0.2, 0.25) is 0 Å². The summed E-state index contributed by atoms with van der Waals surface area (Å²) < 4.78 is 3.25. The minimum Gasteiger partial charge on any atom is -0.344 e. The zero-order valence-corrected chi connectivity index (χ0v) is 21.8. The molecule has 8 heteroatoms. The van der Waals surface area contributed by atoms with E-state index in [-0.39, 0.29) is 11.5 Å². The molecule has 0 unspecified atom stereocenters. The molecule has 3 aromatic heterocycles. The van der Waals surface area contributed by atoms with Crippen LogP contribution in [0.4, 0.5) is 0 Å². The number of benzene rings is 2. The van der Waals surface area contributed by atoms with Gasteiger partial charge in [-0.15, -0.1) is 0 Å². The minimum absolute atomic E-state index is 0.187. The Kier molecular flexibility index (Phi) is 6.77. The van der Waals surface area contributed by atoms with Crippen LogP contribution in [-0.4, -0.2) is 50.6 Å². The Labute approximate surface area is 220 Å². The number of aromatic nitrogens is 4. The molecule has 8 nitrogen and oxygen atoms in total. The van der Waals surface area contributed by atoms with Gasteiger partial charge < -0.3 is 5.32 Å². The van der Waals surface area contributed by atoms with Gasteiger partial charge in [-0.25, -0.2) is 9.50 Å². The largest absolute Gasteiger partial charge is 0.344 e. The molecule has 0 saturated heterocycles. The van der Waals surface area contributed by atoms with Crippen molar-refractivity contribution in [2.24, 2.45) is 0 Å². The fourth-order valence-corrected chi connectivity index (χ4v) is 4.55. The number of para-hydroxylation sites is 1. The number of nitrogens with one attached hydrogen (secondary N) is 1. The van der Waals surface area contributed by atoms with E-state index < -0.39 is 6.04 Å². The quantitative estimate of drug-likeness (QED) is 0.369. The second-order valence-electron chi connectivity index (χ2n) is 9.40. The predicted octanol–water partition coefficient (Wildman–Crippen LogP) is 3.75. The van der Waals surface area contributed by atoms with Gasteiger partial charge in [0.2, 0.25) is 0 Å². The number of hydrogen-bond donors (Lipinski definition) is 1. The van der Waals surface area contributed by atoms with Crippen molar-refractivity contribution in [1.82, 2.24) is 29.4 Å². The van der Waals surface area contributed by atoms with Gasteiger partial charge in [0.1, 0.15) is 5.56 Å². The third kappa shape index (κ3) is 4.67. The smallest absolute Gasteiger partial charge is 0.264 e. The normalized spacial score (nSPS) is 11.9. The third-order valence-electron chi connectivity index (χ3n) is 6.30. The fraction of sp³-hybridized carbons (Fsp3) is 0.200. The van der Waals surface area contributed by atoms with Crippen LogP contribution in [0.1, 0.15) is 40.3 Å². The Morgan fingerprint density at radius 1 is 1.11 bits per heavy atom. The lowest BCUT2D eigenvalue weighted by Crippen LogP contribution is -2.32. The zero-order valence-electron chi connectivity index (χ0n) is 21.8. The zero-order chi connectivity index (χ0) is 26.8. The summed E-state index contributed by atoms with van der Waals surface area (Å²) in [5.74, 6) is 6.00. The summed E-state index contributed by atoms with van der Waals surface area (Å²) in [4.78, 5) is 33.8. The van der Waals surface area contributed by atoms with Crippen molar-refractivity contribution < 1.29 is 4.79 Å². The average molecular weight is 505 g/mol. The molecule has 0 spiro atoms. The van der Waals surface area contributed by atoms with Crippen LogP contribution in [0.25, 0.3) is 22.1 Å². The van der Waals surface area contributed by atoms with Crippen LogP contribution in [0.15, 0.2) is 77.9 Å². The summed E-state index contributed by atoms with van der Waals surface area (Å²) in [7, 11) is 3.90. The van der Waals surface area contributed by atoms with Crippen LogP contribution in [0, 0.1) is 18.8 Å². The number of amides is 1. The van der Waals surface area contributed by atoms with Gasteiger partial charge in [-0.3, -0.25) is 19.1 Å². The van der Waals surface area contributed by atoms with E-state index in [0.717, 1.165) is 5.39 Å². The molecule has 5 aromatic rings. The first-order valence-electron chi connectivity index (χ1n) is 12.3. The number of carbonyl (C=O) groups excluding carboxylic acids is 1. The van der Waals surface area contributed by atoms with E-state index in [0.29, 0.717) is 45.8 Å². The number of aryl methyl sites for hydroxylation is 1. The van der Waals surface area contributed by atoms with E-state index in [9.17, 15) is 9.59 Å². The molecule has 1 atom stereocenters. The van der Waals surface area contributed by atoms with Crippen molar-refractivity contribution in [2.45, 2.75) is 19.9 Å². The predicted molar refractivity (Wildman–Crippen MR) is 149 cm³/mol. The first-order valence-corrected chi connectivity index (χ1v) is 12.3. The Morgan fingerprint density at radius 2 is 1.89 bits per heavy atom. The molecule has 0 saturated carbocycles. The summed E-state index contributed by atoms with van der Waals surface area (Å²) >= 11 is 0. The highest BCUT2D eigenvalue weighted by molar-refractivity contribution is 6.01. The van der Waals surface area contributed by atoms with E-state index >= 15 is 0 Å². The summed E-state index contributed by atoms with van der Waals surface area (Å²) in [6.07, 6.45) is 3.39. The molecular weight excluding hydrogens is 476 g/mol. The molecule has 1 N–H and O–H groups in total. The minimum atomic E-state index is -0.499. The molecular formula is C30H28N6O2. The summed E-state index contributed by atoms with van der Waals surface area (Å²) in [5, 5.41) is 8.79. The fourth-order valence-electron chi connectivity index (χ4n) is 4.55. The van der Waals surface area contributed by atoms with Crippen LogP contribution < -0.4 is 10.9 Å².